The molecule has 1 nitrogen and oxygen atoms in total. The van der Waals surface area contributed by atoms with Crippen LogP contribution in [0.4, 0.5) is 4.39 Å². The molecule has 4 heteroatoms. The molecule has 0 N–H and O–H groups in total. The van der Waals surface area contributed by atoms with Crippen LogP contribution in [0.5, 0.6) is 0 Å². The van der Waals surface area contributed by atoms with Gasteiger partial charge in [-0.25, -0.2) is 4.21 Å². The quantitative estimate of drug-likeness (QED) is 0.800. The van der Waals surface area contributed by atoms with Crippen molar-refractivity contribution in [1.82, 2.24) is 0 Å². The van der Waals surface area contributed by atoms with E-state index in [2.05, 4.69) is 0 Å². The molecule has 98 valence electrons. The van der Waals surface area contributed by atoms with Crippen molar-refractivity contribution in [1.29, 1.82) is 0 Å². The maximum Gasteiger partial charge on any atom is 0.192 e. The molecular weight excluding hydrogens is 283 g/mol. The standard InChI is InChI=1S/C15H12ClFOS/c1-11-6-8-13(9-7-11)19(18)15(17)10-12-4-2-3-5-14(12)16/h2-10H,1H3/b15-10+/t19-/m1/s1. The Kier molecular flexibility index (Phi) is 4.51. The number of aryl methyl sites for hydroxylation is 1. The number of hydrogen-bond donors (Lipinski definition) is 0. The molecule has 0 unspecified atom stereocenters. The first-order valence-corrected chi connectivity index (χ1v) is 7.21. The second kappa shape index (κ2) is 6.13. The zero-order valence-electron chi connectivity index (χ0n) is 10.3. The van der Waals surface area contributed by atoms with Crippen LogP contribution in [0.15, 0.2) is 58.6 Å². The minimum absolute atomic E-state index is 0.429. The highest BCUT2D eigenvalue weighted by molar-refractivity contribution is 7.89. The Balaban J connectivity index is 2.29. The van der Waals surface area contributed by atoms with Gasteiger partial charge in [0.05, 0.1) is 0 Å². The van der Waals surface area contributed by atoms with Crippen molar-refractivity contribution in [3.63, 3.8) is 0 Å². The van der Waals surface area contributed by atoms with Crippen molar-refractivity contribution < 1.29 is 8.60 Å². The fourth-order valence-corrected chi connectivity index (χ4v) is 2.58. The van der Waals surface area contributed by atoms with E-state index < -0.39 is 16.0 Å². The summed E-state index contributed by atoms with van der Waals surface area (Å²) in [6.45, 7) is 1.92. The number of hydrogen-bond acceptors (Lipinski definition) is 1. The Morgan fingerprint density at radius 2 is 1.79 bits per heavy atom. The summed E-state index contributed by atoms with van der Waals surface area (Å²) < 4.78 is 25.9. The highest BCUT2D eigenvalue weighted by atomic mass is 35.5. The molecule has 0 aliphatic rings. The van der Waals surface area contributed by atoms with E-state index in [-0.39, 0.29) is 0 Å². The van der Waals surface area contributed by atoms with Crippen molar-refractivity contribution in [2.45, 2.75) is 11.8 Å². The van der Waals surface area contributed by atoms with Crippen LogP contribution in [0.1, 0.15) is 11.1 Å². The molecule has 2 aromatic rings. The predicted octanol–water partition coefficient (Wildman–Crippen LogP) is 4.72. The predicted molar refractivity (Wildman–Crippen MR) is 78.1 cm³/mol. The fraction of sp³-hybridized carbons (Fsp3) is 0.0667. The smallest absolute Gasteiger partial charge is 0.192 e. The second-order valence-electron chi connectivity index (χ2n) is 4.05. The lowest BCUT2D eigenvalue weighted by atomic mass is 10.2. The lowest BCUT2D eigenvalue weighted by Crippen LogP contribution is -1.92. The normalized spacial score (nSPS) is 13.3. The minimum atomic E-state index is -1.81. The van der Waals surface area contributed by atoms with Crippen LogP contribution < -0.4 is 0 Å². The number of halogens is 2. The molecule has 0 aliphatic heterocycles. The van der Waals surface area contributed by atoms with Gasteiger partial charge in [0.1, 0.15) is 10.8 Å². The van der Waals surface area contributed by atoms with Gasteiger partial charge in [-0.05, 0) is 36.8 Å². The Bertz CT molecular complexity index is 635. The van der Waals surface area contributed by atoms with Crippen molar-refractivity contribution in [3.05, 3.63) is 69.8 Å². The van der Waals surface area contributed by atoms with E-state index in [4.69, 9.17) is 11.6 Å². The third-order valence-electron chi connectivity index (χ3n) is 2.59. The topological polar surface area (TPSA) is 17.1 Å². The van der Waals surface area contributed by atoms with Crippen molar-refractivity contribution in [3.8, 4) is 0 Å². The van der Waals surface area contributed by atoms with E-state index in [1.807, 2.05) is 6.92 Å². The fourth-order valence-electron chi connectivity index (χ4n) is 1.54. The third-order valence-corrected chi connectivity index (χ3v) is 4.10. The molecule has 19 heavy (non-hydrogen) atoms. The molecular formula is C15H12ClFOS. The summed E-state index contributed by atoms with van der Waals surface area (Å²) in [7, 11) is -1.81. The molecule has 0 aliphatic carbocycles. The molecule has 2 aromatic carbocycles. The van der Waals surface area contributed by atoms with Crippen molar-refractivity contribution in [2.75, 3.05) is 0 Å². The second-order valence-corrected chi connectivity index (χ2v) is 5.86. The van der Waals surface area contributed by atoms with Gasteiger partial charge in [0.2, 0.25) is 0 Å². The van der Waals surface area contributed by atoms with Crippen molar-refractivity contribution in [2.24, 2.45) is 0 Å². The zero-order valence-corrected chi connectivity index (χ0v) is 11.8. The molecule has 2 rings (SSSR count). The van der Waals surface area contributed by atoms with Gasteiger partial charge in [0, 0.05) is 9.92 Å². The third kappa shape index (κ3) is 3.52. The summed E-state index contributed by atoms with van der Waals surface area (Å²) in [6.07, 6.45) is 1.21. The highest BCUT2D eigenvalue weighted by Gasteiger charge is 2.10. The Morgan fingerprint density at radius 3 is 2.42 bits per heavy atom. The first-order valence-electron chi connectivity index (χ1n) is 5.68. The van der Waals surface area contributed by atoms with Crippen LogP contribution >= 0.6 is 11.6 Å². The van der Waals surface area contributed by atoms with Gasteiger partial charge in [-0.15, -0.1) is 0 Å². The molecule has 0 radical (unpaired) electrons. The van der Waals surface area contributed by atoms with Gasteiger partial charge in [0.15, 0.2) is 5.16 Å². The SMILES string of the molecule is Cc1ccc([S@@](=O)/C(F)=C/c2ccccc2Cl)cc1. The summed E-state index contributed by atoms with van der Waals surface area (Å²) in [5.74, 6) is 0. The van der Waals surface area contributed by atoms with E-state index in [0.717, 1.165) is 5.56 Å². The highest BCUT2D eigenvalue weighted by Crippen LogP contribution is 2.22. The Hall–Kier alpha value is -1.45. The average Bonchev–Trinajstić information content (AvgIpc) is 2.41. The maximum atomic E-state index is 14.0. The van der Waals surface area contributed by atoms with Gasteiger partial charge >= 0.3 is 0 Å². The summed E-state index contributed by atoms with van der Waals surface area (Å²) in [4.78, 5) is 0.436. The van der Waals surface area contributed by atoms with E-state index in [1.54, 1.807) is 48.5 Å². The summed E-state index contributed by atoms with van der Waals surface area (Å²) >= 11 is 5.93. The van der Waals surface area contributed by atoms with Crippen molar-refractivity contribution >= 4 is 28.5 Å². The molecule has 0 bridgehead atoms. The Labute approximate surface area is 119 Å². The molecule has 0 fully saturated rings. The van der Waals surface area contributed by atoms with E-state index in [1.165, 1.54) is 6.08 Å². The first-order chi connectivity index (χ1) is 9.08. The lowest BCUT2D eigenvalue weighted by Gasteiger charge is -2.01. The summed E-state index contributed by atoms with van der Waals surface area (Å²) in [5.41, 5.74) is 1.55. The largest absolute Gasteiger partial charge is 0.247 e. The van der Waals surface area contributed by atoms with Gasteiger partial charge < -0.3 is 0 Å². The lowest BCUT2D eigenvalue weighted by molar-refractivity contribution is 0.653. The first kappa shape index (κ1) is 14.0. The van der Waals surface area contributed by atoms with Gasteiger partial charge in [-0.3, -0.25) is 0 Å². The molecule has 0 spiro atoms. The maximum absolute atomic E-state index is 14.0. The Morgan fingerprint density at radius 1 is 1.16 bits per heavy atom. The molecule has 1 atom stereocenters. The monoisotopic (exact) mass is 294 g/mol. The van der Waals surface area contributed by atoms with E-state index in [0.29, 0.717) is 15.5 Å². The van der Waals surface area contributed by atoms with Crippen LogP contribution in [-0.4, -0.2) is 4.21 Å². The average molecular weight is 295 g/mol. The van der Waals surface area contributed by atoms with Gasteiger partial charge in [0.25, 0.3) is 0 Å². The molecule has 0 saturated heterocycles. The zero-order chi connectivity index (χ0) is 13.8. The van der Waals surface area contributed by atoms with Crippen LogP contribution in [0.2, 0.25) is 5.02 Å². The van der Waals surface area contributed by atoms with Gasteiger partial charge in [-0.1, -0.05) is 47.5 Å². The summed E-state index contributed by atoms with van der Waals surface area (Å²) in [6, 6.07) is 13.8. The summed E-state index contributed by atoms with van der Waals surface area (Å²) in [5, 5.41) is -0.282. The van der Waals surface area contributed by atoms with Crippen LogP contribution in [0.25, 0.3) is 6.08 Å². The molecule has 0 aromatic heterocycles. The molecule has 0 saturated carbocycles. The number of benzene rings is 2. The van der Waals surface area contributed by atoms with E-state index in [9.17, 15) is 8.60 Å². The van der Waals surface area contributed by atoms with Crippen LogP contribution in [-0.2, 0) is 10.8 Å². The molecule has 0 amide bonds. The minimum Gasteiger partial charge on any atom is -0.247 e. The number of rotatable bonds is 3. The molecule has 0 heterocycles. The van der Waals surface area contributed by atoms with E-state index >= 15 is 0 Å². The van der Waals surface area contributed by atoms with Gasteiger partial charge in [-0.2, -0.15) is 4.39 Å². The van der Waals surface area contributed by atoms with Crippen LogP contribution in [0, 0.1) is 6.92 Å². The van der Waals surface area contributed by atoms with Crippen LogP contribution in [0.3, 0.4) is 0 Å².